The third-order valence-corrected chi connectivity index (χ3v) is 5.63. The first-order valence-electron chi connectivity index (χ1n) is 10.9. The highest BCUT2D eigenvalue weighted by Gasteiger charge is 2.15. The Hall–Kier alpha value is -3.66. The van der Waals surface area contributed by atoms with E-state index in [1.165, 1.54) is 18.1 Å². The zero-order valence-electron chi connectivity index (χ0n) is 19.1. The number of hydrogen-bond acceptors (Lipinski definition) is 8. The summed E-state index contributed by atoms with van der Waals surface area (Å²) < 4.78 is 6.92. The number of benzene rings is 1. The number of amides is 1. The molecule has 1 fully saturated rings. The third-order valence-electron chi connectivity index (χ3n) is 5.63. The summed E-state index contributed by atoms with van der Waals surface area (Å²) in [5.74, 6) is 1.07. The van der Waals surface area contributed by atoms with Crippen LogP contribution in [0.5, 0.6) is 5.75 Å². The summed E-state index contributed by atoms with van der Waals surface area (Å²) in [7, 11) is 3.00. The number of carbonyl (C=O) groups excluding carboxylic acids is 1. The van der Waals surface area contributed by atoms with E-state index in [4.69, 9.17) is 9.72 Å². The molecule has 10 heteroatoms. The number of anilines is 3. The van der Waals surface area contributed by atoms with Gasteiger partial charge in [-0.15, -0.1) is 0 Å². The van der Waals surface area contributed by atoms with Crippen LogP contribution < -0.4 is 26.0 Å². The van der Waals surface area contributed by atoms with E-state index in [2.05, 4.69) is 25.5 Å². The molecule has 4 rings (SSSR count). The van der Waals surface area contributed by atoms with Crippen molar-refractivity contribution in [1.29, 1.82) is 0 Å². The van der Waals surface area contributed by atoms with Crippen molar-refractivity contribution in [3.63, 3.8) is 0 Å². The van der Waals surface area contributed by atoms with Gasteiger partial charge in [-0.2, -0.15) is 4.98 Å². The number of nitrogens with zero attached hydrogens (tertiary/aromatic N) is 4. The van der Waals surface area contributed by atoms with Crippen molar-refractivity contribution in [2.75, 3.05) is 37.0 Å². The zero-order valence-corrected chi connectivity index (χ0v) is 19.1. The van der Waals surface area contributed by atoms with Crippen LogP contribution in [0.1, 0.15) is 24.8 Å². The molecule has 3 aromatic rings. The Morgan fingerprint density at radius 3 is 2.73 bits per heavy atom. The molecule has 0 spiro atoms. The first-order chi connectivity index (χ1) is 16.0. The summed E-state index contributed by atoms with van der Waals surface area (Å²) in [6.45, 7) is 3.57. The van der Waals surface area contributed by atoms with E-state index in [0.717, 1.165) is 59.9 Å². The molecule has 33 heavy (non-hydrogen) atoms. The Morgan fingerprint density at radius 1 is 1.18 bits per heavy atom. The highest BCUT2D eigenvalue weighted by Crippen LogP contribution is 2.26. The average Bonchev–Trinajstić information content (AvgIpc) is 2.82. The van der Waals surface area contributed by atoms with E-state index in [1.54, 1.807) is 13.1 Å². The zero-order chi connectivity index (χ0) is 23.4. The summed E-state index contributed by atoms with van der Waals surface area (Å²) >= 11 is 0. The lowest BCUT2D eigenvalue weighted by Gasteiger charge is -2.27. The minimum absolute atomic E-state index is 0.0824. The Kier molecular flexibility index (Phi) is 6.74. The molecule has 1 amide bonds. The van der Waals surface area contributed by atoms with E-state index < -0.39 is 5.91 Å². The number of nitrogens with one attached hydrogen (secondary N) is 2. The van der Waals surface area contributed by atoms with Crippen molar-refractivity contribution in [2.45, 2.75) is 26.2 Å². The topological polar surface area (TPSA) is 111 Å². The van der Waals surface area contributed by atoms with Gasteiger partial charge < -0.3 is 19.5 Å². The van der Waals surface area contributed by atoms with Gasteiger partial charge in [0.1, 0.15) is 5.82 Å². The highest BCUT2D eigenvalue weighted by molar-refractivity contribution is 5.85. The van der Waals surface area contributed by atoms with Crippen LogP contribution in [0.3, 0.4) is 0 Å². The molecular formula is C23H28N6O4. The molecule has 0 aliphatic carbocycles. The quantitative estimate of drug-likeness (QED) is 0.526. The van der Waals surface area contributed by atoms with Gasteiger partial charge in [0.05, 0.1) is 12.6 Å². The summed E-state index contributed by atoms with van der Waals surface area (Å²) in [6, 6.07) is 7.31. The van der Waals surface area contributed by atoms with Crippen molar-refractivity contribution in [2.24, 2.45) is 7.05 Å². The lowest BCUT2D eigenvalue weighted by Crippen LogP contribution is -2.31. The van der Waals surface area contributed by atoms with Crippen molar-refractivity contribution in [3.05, 3.63) is 46.4 Å². The number of pyridine rings is 1. The molecule has 10 nitrogen and oxygen atoms in total. The lowest BCUT2D eigenvalue weighted by atomic mass is 10.1. The minimum atomic E-state index is -0.487. The molecule has 0 saturated carbocycles. The van der Waals surface area contributed by atoms with Gasteiger partial charge in [0.2, 0.25) is 5.95 Å². The standard InChI is InChI=1S/C23H28N6O4/c1-15-13-24-23(29-9-5-4-6-10-29)26-21(15)25-17-7-8-18-16(11-17)12-19(22(31)28(18)2)33-14-20(30)27-32-3/h7-8,11-13H,4-6,9-10,14H2,1-3H3,(H,27,30)(H,24,25,26). The van der Waals surface area contributed by atoms with Gasteiger partial charge in [0.25, 0.3) is 11.5 Å². The highest BCUT2D eigenvalue weighted by atomic mass is 16.6. The fourth-order valence-corrected chi connectivity index (χ4v) is 3.86. The maximum atomic E-state index is 12.6. The smallest absolute Gasteiger partial charge is 0.293 e. The molecule has 0 atom stereocenters. The predicted octanol–water partition coefficient (Wildman–Crippen LogP) is 2.43. The number of ether oxygens (including phenoxy) is 1. The lowest BCUT2D eigenvalue weighted by molar-refractivity contribution is -0.133. The Bertz CT molecular complexity index is 1220. The van der Waals surface area contributed by atoms with Gasteiger partial charge in [-0.3, -0.25) is 14.4 Å². The number of carbonyl (C=O) groups is 1. The molecule has 2 N–H and O–H groups in total. The fraction of sp³-hybridized carbons (Fsp3) is 0.391. The summed E-state index contributed by atoms with van der Waals surface area (Å²) in [4.78, 5) is 40.3. The summed E-state index contributed by atoms with van der Waals surface area (Å²) in [5, 5.41) is 4.16. The van der Waals surface area contributed by atoms with Crippen LogP contribution in [0.25, 0.3) is 10.9 Å². The molecular weight excluding hydrogens is 424 g/mol. The van der Waals surface area contributed by atoms with Crippen LogP contribution in [0, 0.1) is 6.92 Å². The Balaban J connectivity index is 1.60. The van der Waals surface area contributed by atoms with Gasteiger partial charge in [-0.1, -0.05) is 0 Å². The molecule has 0 unspecified atom stereocenters. The fourth-order valence-electron chi connectivity index (χ4n) is 3.86. The number of piperidine rings is 1. The monoisotopic (exact) mass is 452 g/mol. The maximum Gasteiger partial charge on any atom is 0.293 e. The largest absolute Gasteiger partial charge is 0.478 e. The van der Waals surface area contributed by atoms with Gasteiger partial charge in [0.15, 0.2) is 12.4 Å². The number of aryl methyl sites for hydroxylation is 2. The molecule has 1 aliphatic heterocycles. The predicted molar refractivity (Wildman–Crippen MR) is 126 cm³/mol. The van der Waals surface area contributed by atoms with Crippen molar-refractivity contribution < 1.29 is 14.4 Å². The molecule has 174 valence electrons. The van der Waals surface area contributed by atoms with E-state index in [9.17, 15) is 9.59 Å². The van der Waals surface area contributed by atoms with E-state index in [-0.39, 0.29) is 17.9 Å². The van der Waals surface area contributed by atoms with Crippen molar-refractivity contribution in [1.82, 2.24) is 20.0 Å². The SMILES string of the molecule is CONC(=O)COc1cc2cc(Nc3nc(N4CCCCC4)ncc3C)ccc2n(C)c1=O. The molecule has 1 aliphatic rings. The molecule has 3 heterocycles. The number of hydroxylamine groups is 1. The van der Waals surface area contributed by atoms with Crippen LogP contribution in [-0.2, 0) is 16.7 Å². The minimum Gasteiger partial charge on any atom is -0.478 e. The van der Waals surface area contributed by atoms with E-state index in [0.29, 0.717) is 0 Å². The first-order valence-corrected chi connectivity index (χ1v) is 10.9. The third kappa shape index (κ3) is 5.06. The van der Waals surface area contributed by atoms with Crippen LogP contribution in [0.15, 0.2) is 35.3 Å². The molecule has 1 aromatic carbocycles. The number of rotatable bonds is 7. The van der Waals surface area contributed by atoms with Crippen LogP contribution >= 0.6 is 0 Å². The normalized spacial score (nSPS) is 13.7. The summed E-state index contributed by atoms with van der Waals surface area (Å²) in [5.41, 5.74) is 4.32. The molecule has 1 saturated heterocycles. The Labute approximate surface area is 191 Å². The van der Waals surface area contributed by atoms with Gasteiger partial charge in [-0.25, -0.2) is 10.5 Å². The van der Waals surface area contributed by atoms with E-state index >= 15 is 0 Å². The number of fused-ring (bicyclic) bond motifs is 1. The Morgan fingerprint density at radius 2 is 1.97 bits per heavy atom. The second-order valence-electron chi connectivity index (χ2n) is 8.04. The molecule has 0 radical (unpaired) electrons. The van der Waals surface area contributed by atoms with Gasteiger partial charge >= 0.3 is 0 Å². The molecule has 2 aromatic heterocycles. The first kappa shape index (κ1) is 22.5. The number of aromatic nitrogens is 3. The van der Waals surface area contributed by atoms with E-state index in [1.807, 2.05) is 31.3 Å². The number of hydrogen-bond donors (Lipinski definition) is 2. The molecule has 0 bridgehead atoms. The van der Waals surface area contributed by atoms with Gasteiger partial charge in [0, 0.05) is 43.0 Å². The second kappa shape index (κ2) is 9.86. The van der Waals surface area contributed by atoms with Crippen LogP contribution in [0.2, 0.25) is 0 Å². The maximum absolute atomic E-state index is 12.6. The van der Waals surface area contributed by atoms with Gasteiger partial charge in [-0.05, 0) is 50.5 Å². The summed E-state index contributed by atoms with van der Waals surface area (Å²) in [6.07, 6.45) is 5.39. The van der Waals surface area contributed by atoms with Crippen molar-refractivity contribution >= 4 is 34.3 Å². The second-order valence-corrected chi connectivity index (χ2v) is 8.04. The van der Waals surface area contributed by atoms with Crippen molar-refractivity contribution in [3.8, 4) is 5.75 Å². The van der Waals surface area contributed by atoms with Crippen LogP contribution in [-0.4, -0.2) is 47.2 Å². The average molecular weight is 453 g/mol. The van der Waals surface area contributed by atoms with Crippen LogP contribution in [0.4, 0.5) is 17.5 Å².